The van der Waals surface area contributed by atoms with E-state index in [1.54, 1.807) is 0 Å². The molecule has 3 nitrogen and oxygen atoms in total. The van der Waals surface area contributed by atoms with E-state index < -0.39 is 0 Å². The molecule has 103 valence electrons. The van der Waals surface area contributed by atoms with E-state index in [-0.39, 0.29) is 6.61 Å². The van der Waals surface area contributed by atoms with Crippen LogP contribution in [0.15, 0.2) is 0 Å². The van der Waals surface area contributed by atoms with Gasteiger partial charge in [0, 0.05) is 13.1 Å². The van der Waals surface area contributed by atoms with Gasteiger partial charge < -0.3 is 10.1 Å². The van der Waals surface area contributed by atoms with Crippen LogP contribution >= 0.6 is 0 Å². The van der Waals surface area contributed by atoms with E-state index in [1.165, 1.54) is 0 Å². The topological polar surface area (TPSA) is 41.2 Å². The molecule has 0 amide bonds. The van der Waals surface area contributed by atoms with E-state index >= 15 is 0 Å². The van der Waals surface area contributed by atoms with Gasteiger partial charge in [-0.15, -0.1) is 0 Å². The summed E-state index contributed by atoms with van der Waals surface area (Å²) in [5, 5.41) is 13.8. The van der Waals surface area contributed by atoms with E-state index in [4.69, 9.17) is 4.74 Å². The van der Waals surface area contributed by atoms with Gasteiger partial charge >= 0.3 is 0 Å². The second-order valence-corrected chi connectivity index (χ2v) is 5.34. The maximum absolute atomic E-state index is 10.6. The number of rotatable bonds is 5. The average molecular weight is 244 g/mol. The van der Waals surface area contributed by atoms with Crippen LogP contribution in [0.2, 0.25) is 0 Å². The Morgan fingerprint density at radius 2 is 2.12 bits per heavy atom. The molecule has 1 aliphatic heterocycles. The summed E-state index contributed by atoms with van der Waals surface area (Å²) in [4.78, 5) is 0. The van der Waals surface area contributed by atoms with Gasteiger partial charge in [0.2, 0.25) is 0 Å². The smallest absolute Gasteiger partial charge is 0.0850 e. The second kappa shape index (κ2) is 11.0. The van der Waals surface area contributed by atoms with Crippen LogP contribution in [-0.2, 0) is 9.84 Å². The fourth-order valence-electron chi connectivity index (χ4n) is 2.04. The monoisotopic (exact) mass is 244 g/mol. The summed E-state index contributed by atoms with van der Waals surface area (Å²) in [6.07, 6.45) is 3.80. The van der Waals surface area contributed by atoms with Gasteiger partial charge in [-0.05, 0) is 31.6 Å². The maximum Gasteiger partial charge on any atom is 0.0850 e. The molecule has 2 unspecified atom stereocenters. The van der Waals surface area contributed by atoms with Crippen LogP contribution in [0, 0.1) is 11.8 Å². The van der Waals surface area contributed by atoms with E-state index in [9.17, 15) is 5.11 Å². The first-order valence-electron chi connectivity index (χ1n) is 7.00. The lowest BCUT2D eigenvalue weighted by Gasteiger charge is -2.18. The average Bonchev–Trinajstić information content (AvgIpc) is 2.30. The molecule has 1 rings (SSSR count). The van der Waals surface area contributed by atoms with Crippen molar-refractivity contribution in [3.63, 3.8) is 0 Å². The number of ether oxygens (including phenoxy) is 1. The molecule has 1 heterocycles. The van der Waals surface area contributed by atoms with Crippen molar-refractivity contribution in [1.29, 1.82) is 0 Å². The SMILES string of the molecule is CC1CNCCO1.CCCC(C[O])CC(C)C. The zero-order valence-electron chi connectivity index (χ0n) is 12.0. The Balaban J connectivity index is 0.000000318. The Labute approximate surface area is 107 Å². The molecule has 1 N–H and O–H groups in total. The van der Waals surface area contributed by atoms with Crippen molar-refractivity contribution in [2.75, 3.05) is 26.3 Å². The van der Waals surface area contributed by atoms with Crippen LogP contribution < -0.4 is 5.32 Å². The molecule has 1 radical (unpaired) electrons. The summed E-state index contributed by atoms with van der Waals surface area (Å²) in [6.45, 7) is 11.6. The van der Waals surface area contributed by atoms with Crippen LogP contribution in [0.1, 0.15) is 47.0 Å². The van der Waals surface area contributed by atoms with Crippen molar-refractivity contribution in [3.05, 3.63) is 0 Å². The number of nitrogens with one attached hydrogen (secondary N) is 1. The lowest BCUT2D eigenvalue weighted by Crippen LogP contribution is -2.36. The molecular formula is C14H30NO2. The third-order valence-electron chi connectivity index (χ3n) is 2.85. The molecule has 17 heavy (non-hydrogen) atoms. The molecule has 0 aliphatic carbocycles. The summed E-state index contributed by atoms with van der Waals surface area (Å²) in [7, 11) is 0. The molecule has 0 saturated carbocycles. The molecule has 0 spiro atoms. The highest BCUT2D eigenvalue weighted by Crippen LogP contribution is 2.15. The first-order valence-corrected chi connectivity index (χ1v) is 7.00. The van der Waals surface area contributed by atoms with Crippen LogP contribution in [-0.4, -0.2) is 32.4 Å². The molecule has 0 bridgehead atoms. The van der Waals surface area contributed by atoms with Gasteiger partial charge in [-0.3, -0.25) is 0 Å². The number of morpholine rings is 1. The Morgan fingerprint density at radius 1 is 1.41 bits per heavy atom. The normalized spacial score (nSPS) is 21.9. The molecule has 2 atom stereocenters. The van der Waals surface area contributed by atoms with Crippen molar-refractivity contribution in [3.8, 4) is 0 Å². The van der Waals surface area contributed by atoms with Crippen LogP contribution in [0.3, 0.4) is 0 Å². The molecule has 0 aromatic heterocycles. The van der Waals surface area contributed by atoms with Crippen LogP contribution in [0.25, 0.3) is 0 Å². The molecule has 0 aromatic rings. The third kappa shape index (κ3) is 10.7. The zero-order valence-corrected chi connectivity index (χ0v) is 12.0. The van der Waals surface area contributed by atoms with E-state index in [0.717, 1.165) is 39.0 Å². The highest BCUT2D eigenvalue weighted by Gasteiger charge is 2.08. The molecule has 1 aliphatic rings. The van der Waals surface area contributed by atoms with Crippen molar-refractivity contribution >= 4 is 0 Å². The Hall–Kier alpha value is -0.120. The lowest BCUT2D eigenvalue weighted by atomic mass is 9.94. The minimum absolute atomic E-state index is 0.117. The summed E-state index contributed by atoms with van der Waals surface area (Å²) in [5.41, 5.74) is 0. The minimum atomic E-state index is 0.117. The molecule has 1 saturated heterocycles. The van der Waals surface area contributed by atoms with Crippen LogP contribution in [0.5, 0.6) is 0 Å². The van der Waals surface area contributed by atoms with Gasteiger partial charge in [-0.25, -0.2) is 5.11 Å². The first-order chi connectivity index (χ1) is 8.10. The van der Waals surface area contributed by atoms with E-state index in [2.05, 4.69) is 33.0 Å². The van der Waals surface area contributed by atoms with Gasteiger partial charge in [0.15, 0.2) is 0 Å². The van der Waals surface area contributed by atoms with Crippen molar-refractivity contribution in [2.45, 2.75) is 53.1 Å². The zero-order chi connectivity index (χ0) is 13.1. The maximum atomic E-state index is 10.6. The fourth-order valence-corrected chi connectivity index (χ4v) is 2.04. The molecule has 3 heteroatoms. The van der Waals surface area contributed by atoms with Crippen LogP contribution in [0.4, 0.5) is 0 Å². The van der Waals surface area contributed by atoms with Gasteiger partial charge in [0.25, 0.3) is 0 Å². The first kappa shape index (κ1) is 16.9. The third-order valence-corrected chi connectivity index (χ3v) is 2.85. The Bertz CT molecular complexity index is 156. The van der Waals surface area contributed by atoms with Crippen molar-refractivity contribution in [2.24, 2.45) is 11.8 Å². The standard InChI is InChI=1S/C9H19O.C5H11NO/c1-4-5-9(7-10)6-8(2)3;1-5-4-6-2-3-7-5/h8-9H,4-7H2,1-3H3;5-6H,2-4H2,1H3. The quantitative estimate of drug-likeness (QED) is 0.808. The fraction of sp³-hybridized carbons (Fsp3) is 1.00. The Morgan fingerprint density at radius 3 is 2.41 bits per heavy atom. The largest absolute Gasteiger partial charge is 0.376 e. The minimum Gasteiger partial charge on any atom is -0.376 e. The summed E-state index contributed by atoms with van der Waals surface area (Å²) in [6, 6.07) is 0. The van der Waals surface area contributed by atoms with Gasteiger partial charge in [0.05, 0.1) is 19.3 Å². The van der Waals surface area contributed by atoms with E-state index in [1.807, 2.05) is 0 Å². The second-order valence-electron chi connectivity index (χ2n) is 5.34. The predicted molar refractivity (Wildman–Crippen MR) is 71.7 cm³/mol. The van der Waals surface area contributed by atoms with Gasteiger partial charge in [-0.2, -0.15) is 0 Å². The number of hydrogen-bond donors (Lipinski definition) is 1. The van der Waals surface area contributed by atoms with Crippen molar-refractivity contribution in [1.82, 2.24) is 5.32 Å². The van der Waals surface area contributed by atoms with Crippen molar-refractivity contribution < 1.29 is 9.84 Å². The van der Waals surface area contributed by atoms with Gasteiger partial charge in [0.1, 0.15) is 0 Å². The summed E-state index contributed by atoms with van der Waals surface area (Å²) >= 11 is 0. The molecule has 1 fully saturated rings. The highest BCUT2D eigenvalue weighted by molar-refractivity contribution is 4.60. The number of hydrogen-bond acceptors (Lipinski definition) is 2. The summed E-state index contributed by atoms with van der Waals surface area (Å²) in [5.74, 6) is 1.12. The van der Waals surface area contributed by atoms with E-state index in [0.29, 0.717) is 17.9 Å². The lowest BCUT2D eigenvalue weighted by molar-refractivity contribution is 0.0410. The molecule has 0 aromatic carbocycles. The predicted octanol–water partition coefficient (Wildman–Crippen LogP) is 2.87. The highest BCUT2D eigenvalue weighted by atomic mass is 16.5. The Kier molecular flexibility index (Phi) is 10.9. The summed E-state index contributed by atoms with van der Waals surface area (Å²) < 4.78 is 5.22. The molecular weight excluding hydrogens is 214 g/mol. The van der Waals surface area contributed by atoms with Gasteiger partial charge in [-0.1, -0.05) is 27.2 Å².